The van der Waals surface area contributed by atoms with E-state index in [1.54, 1.807) is 0 Å². The van der Waals surface area contributed by atoms with Gasteiger partial charge in [-0.25, -0.2) is 0 Å². The first-order valence-corrected chi connectivity index (χ1v) is 8.47. The zero-order valence-electron chi connectivity index (χ0n) is 12.0. The maximum Gasteiger partial charge on any atom is 0.0850 e. The van der Waals surface area contributed by atoms with Crippen molar-refractivity contribution in [3.8, 4) is 0 Å². The number of benzene rings is 1. The van der Waals surface area contributed by atoms with E-state index in [9.17, 15) is 0 Å². The Labute approximate surface area is 143 Å². The predicted octanol–water partition coefficient (Wildman–Crippen LogP) is 4.78. The summed E-state index contributed by atoms with van der Waals surface area (Å²) in [7, 11) is 0. The Hall–Kier alpha value is -0.550. The lowest BCUT2D eigenvalue weighted by atomic mass is 10.0. The second-order valence-electron chi connectivity index (χ2n) is 4.85. The smallest absolute Gasteiger partial charge is 0.0850 e. The van der Waals surface area contributed by atoms with Crippen molar-refractivity contribution in [1.82, 2.24) is 9.78 Å². The standard InChI is InChI=1S/C15H18BrCl2N3/c1-3-13-15(18)14(21(4-2)20-13)8-12(19)10-7-9(16)5-6-11(10)17/h5-7,12H,3-4,8,19H2,1-2H3. The Morgan fingerprint density at radius 3 is 2.67 bits per heavy atom. The van der Waals surface area contributed by atoms with Gasteiger partial charge in [0.1, 0.15) is 0 Å². The molecule has 0 aliphatic heterocycles. The molecular weight excluding hydrogens is 373 g/mol. The second kappa shape index (κ2) is 7.14. The van der Waals surface area contributed by atoms with Crippen LogP contribution in [0.4, 0.5) is 0 Å². The lowest BCUT2D eigenvalue weighted by Crippen LogP contribution is -2.17. The number of nitrogens with zero attached hydrogens (tertiary/aromatic N) is 2. The summed E-state index contributed by atoms with van der Waals surface area (Å²) in [5.41, 5.74) is 9.13. The van der Waals surface area contributed by atoms with E-state index in [0.29, 0.717) is 11.4 Å². The average molecular weight is 391 g/mol. The van der Waals surface area contributed by atoms with Gasteiger partial charge in [-0.2, -0.15) is 5.10 Å². The van der Waals surface area contributed by atoms with Crippen molar-refractivity contribution in [2.45, 2.75) is 39.3 Å². The van der Waals surface area contributed by atoms with E-state index >= 15 is 0 Å². The molecule has 2 aromatic rings. The quantitative estimate of drug-likeness (QED) is 0.798. The van der Waals surface area contributed by atoms with Gasteiger partial charge >= 0.3 is 0 Å². The van der Waals surface area contributed by atoms with E-state index in [4.69, 9.17) is 28.9 Å². The van der Waals surface area contributed by atoms with Gasteiger partial charge in [-0.15, -0.1) is 0 Å². The van der Waals surface area contributed by atoms with Crippen molar-refractivity contribution in [3.05, 3.63) is 49.7 Å². The number of hydrogen-bond acceptors (Lipinski definition) is 2. The Balaban J connectivity index is 2.33. The van der Waals surface area contributed by atoms with E-state index in [1.807, 2.05) is 36.7 Å². The number of aryl methyl sites for hydroxylation is 2. The van der Waals surface area contributed by atoms with Gasteiger partial charge in [0.05, 0.1) is 16.4 Å². The number of nitrogens with two attached hydrogens (primary N) is 1. The zero-order valence-corrected chi connectivity index (χ0v) is 15.1. The van der Waals surface area contributed by atoms with Crippen LogP contribution in [0.15, 0.2) is 22.7 Å². The van der Waals surface area contributed by atoms with Gasteiger partial charge in [0.15, 0.2) is 0 Å². The first-order valence-electron chi connectivity index (χ1n) is 6.92. The lowest BCUT2D eigenvalue weighted by molar-refractivity contribution is 0.585. The topological polar surface area (TPSA) is 43.8 Å². The number of rotatable bonds is 5. The molecule has 3 nitrogen and oxygen atoms in total. The summed E-state index contributed by atoms with van der Waals surface area (Å²) in [6.45, 7) is 4.86. The molecule has 114 valence electrons. The highest BCUT2D eigenvalue weighted by Crippen LogP contribution is 2.30. The molecule has 0 radical (unpaired) electrons. The first kappa shape index (κ1) is 16.8. The third-order valence-corrected chi connectivity index (χ3v) is 4.74. The summed E-state index contributed by atoms with van der Waals surface area (Å²) < 4.78 is 2.88. The molecule has 0 saturated heterocycles. The van der Waals surface area contributed by atoms with E-state index in [2.05, 4.69) is 21.0 Å². The van der Waals surface area contributed by atoms with Gasteiger partial charge < -0.3 is 5.73 Å². The van der Waals surface area contributed by atoms with Crippen LogP contribution in [0.3, 0.4) is 0 Å². The predicted molar refractivity (Wildman–Crippen MR) is 92.1 cm³/mol. The molecule has 2 rings (SSSR count). The van der Waals surface area contributed by atoms with Crippen molar-refractivity contribution >= 4 is 39.1 Å². The third-order valence-electron chi connectivity index (χ3n) is 3.46. The zero-order chi connectivity index (χ0) is 15.6. The molecule has 21 heavy (non-hydrogen) atoms. The highest BCUT2D eigenvalue weighted by molar-refractivity contribution is 9.10. The fraction of sp³-hybridized carbons (Fsp3) is 0.400. The molecule has 0 spiro atoms. The number of halogens is 3. The molecule has 0 saturated carbocycles. The normalized spacial score (nSPS) is 12.7. The lowest BCUT2D eigenvalue weighted by Gasteiger charge is -2.15. The van der Waals surface area contributed by atoms with Crippen LogP contribution in [0.5, 0.6) is 0 Å². The first-order chi connectivity index (χ1) is 9.97. The summed E-state index contributed by atoms with van der Waals surface area (Å²) in [4.78, 5) is 0. The number of hydrogen-bond donors (Lipinski definition) is 1. The van der Waals surface area contributed by atoms with Gasteiger partial charge in [0.2, 0.25) is 0 Å². The van der Waals surface area contributed by atoms with Crippen molar-refractivity contribution in [2.75, 3.05) is 0 Å². The molecule has 0 fully saturated rings. The molecule has 2 N–H and O–H groups in total. The van der Waals surface area contributed by atoms with Crippen LogP contribution in [-0.4, -0.2) is 9.78 Å². The maximum atomic E-state index is 6.43. The summed E-state index contributed by atoms with van der Waals surface area (Å²) in [6, 6.07) is 5.47. The van der Waals surface area contributed by atoms with E-state index in [0.717, 1.165) is 39.4 Å². The molecule has 0 aliphatic carbocycles. The number of aromatic nitrogens is 2. The van der Waals surface area contributed by atoms with Crippen LogP contribution < -0.4 is 5.73 Å². The van der Waals surface area contributed by atoms with Crippen LogP contribution in [0.25, 0.3) is 0 Å². The summed E-state index contributed by atoms with van der Waals surface area (Å²) >= 11 is 16.1. The van der Waals surface area contributed by atoms with Crippen molar-refractivity contribution in [1.29, 1.82) is 0 Å². The van der Waals surface area contributed by atoms with Crippen molar-refractivity contribution in [2.24, 2.45) is 5.73 Å². The fourth-order valence-electron chi connectivity index (χ4n) is 2.33. The van der Waals surface area contributed by atoms with Crippen LogP contribution in [0, 0.1) is 0 Å². The van der Waals surface area contributed by atoms with Crippen LogP contribution in [-0.2, 0) is 19.4 Å². The monoisotopic (exact) mass is 389 g/mol. The van der Waals surface area contributed by atoms with E-state index in [-0.39, 0.29) is 6.04 Å². The minimum absolute atomic E-state index is 0.223. The largest absolute Gasteiger partial charge is 0.324 e. The van der Waals surface area contributed by atoms with Crippen LogP contribution in [0.1, 0.15) is 36.8 Å². The van der Waals surface area contributed by atoms with Gasteiger partial charge in [-0.3, -0.25) is 4.68 Å². The third kappa shape index (κ3) is 3.62. The molecule has 1 heterocycles. The molecule has 1 atom stereocenters. The average Bonchev–Trinajstić information content (AvgIpc) is 2.77. The molecule has 1 unspecified atom stereocenters. The Morgan fingerprint density at radius 2 is 2.05 bits per heavy atom. The molecule has 0 bridgehead atoms. The SMILES string of the molecule is CCc1nn(CC)c(CC(N)c2cc(Br)ccc2Cl)c1Cl. The summed E-state index contributed by atoms with van der Waals surface area (Å²) in [6.07, 6.45) is 1.42. The maximum absolute atomic E-state index is 6.43. The van der Waals surface area contributed by atoms with Gasteiger partial charge in [0.25, 0.3) is 0 Å². The molecule has 1 aromatic carbocycles. The van der Waals surface area contributed by atoms with E-state index < -0.39 is 0 Å². The van der Waals surface area contributed by atoms with Gasteiger partial charge in [-0.1, -0.05) is 46.1 Å². The van der Waals surface area contributed by atoms with Gasteiger partial charge in [0, 0.05) is 28.5 Å². The van der Waals surface area contributed by atoms with E-state index in [1.165, 1.54) is 0 Å². The molecular formula is C15H18BrCl2N3. The van der Waals surface area contributed by atoms with Gasteiger partial charge in [-0.05, 0) is 37.1 Å². The molecule has 0 amide bonds. The highest BCUT2D eigenvalue weighted by atomic mass is 79.9. The highest BCUT2D eigenvalue weighted by Gasteiger charge is 2.19. The Morgan fingerprint density at radius 1 is 1.33 bits per heavy atom. The van der Waals surface area contributed by atoms with Crippen LogP contribution >= 0.6 is 39.1 Å². The fourth-order valence-corrected chi connectivity index (χ4v) is 3.31. The Bertz CT molecular complexity index is 640. The minimum atomic E-state index is -0.223. The van der Waals surface area contributed by atoms with Crippen LogP contribution in [0.2, 0.25) is 10.0 Å². The second-order valence-corrected chi connectivity index (χ2v) is 6.55. The van der Waals surface area contributed by atoms with Crippen molar-refractivity contribution in [3.63, 3.8) is 0 Å². The molecule has 6 heteroatoms. The molecule has 0 aliphatic rings. The summed E-state index contributed by atoms with van der Waals surface area (Å²) in [5, 5.41) is 5.91. The minimum Gasteiger partial charge on any atom is -0.324 e. The molecule has 1 aromatic heterocycles. The summed E-state index contributed by atoms with van der Waals surface area (Å²) in [5.74, 6) is 0. The Kier molecular flexibility index (Phi) is 5.72. The van der Waals surface area contributed by atoms with Crippen molar-refractivity contribution < 1.29 is 0 Å².